The molecule has 0 atom stereocenters. The molecule has 0 spiro atoms. The summed E-state index contributed by atoms with van der Waals surface area (Å²) in [5.41, 5.74) is -0.664. The maximum absolute atomic E-state index is 13.8. The number of alkyl halides is 2. The molecule has 0 bridgehead atoms. The van der Waals surface area contributed by atoms with Crippen molar-refractivity contribution >= 4 is 27.2 Å². The first-order valence-corrected chi connectivity index (χ1v) is 8.93. The minimum absolute atomic E-state index is 0.0352. The number of Topliss-reactive ketones (excluding diaryl/α,β-unsaturated/α-hetero) is 1. The largest absolute Gasteiger partial charge is 0.455 e. The van der Waals surface area contributed by atoms with Gasteiger partial charge in [-0.15, -0.1) is 0 Å². The third-order valence-electron chi connectivity index (χ3n) is 3.50. The van der Waals surface area contributed by atoms with Gasteiger partial charge in [-0.25, -0.2) is 8.42 Å². The van der Waals surface area contributed by atoms with Crippen LogP contribution in [-0.4, -0.2) is 31.4 Å². The van der Waals surface area contributed by atoms with Gasteiger partial charge in [-0.1, -0.05) is 11.6 Å². The van der Waals surface area contributed by atoms with Crippen molar-refractivity contribution < 1.29 is 26.7 Å². The zero-order chi connectivity index (χ0) is 17.7. The molecule has 0 unspecified atom stereocenters. The molecule has 0 aliphatic heterocycles. The molecule has 24 heavy (non-hydrogen) atoms. The quantitative estimate of drug-likeness (QED) is 0.825. The molecule has 9 heteroatoms. The zero-order valence-corrected chi connectivity index (χ0v) is 13.8. The maximum atomic E-state index is 13.8. The molecule has 0 N–H and O–H groups in total. The number of ether oxygens (including phenoxy) is 1. The Morgan fingerprint density at radius 3 is 2.62 bits per heavy atom. The lowest BCUT2D eigenvalue weighted by atomic mass is 10.1. The first kappa shape index (κ1) is 16.8. The molecule has 126 valence electrons. The van der Waals surface area contributed by atoms with Gasteiger partial charge in [-0.05, 0) is 12.1 Å². The lowest BCUT2D eigenvalue weighted by Gasteiger charge is -2.12. The number of carbonyl (C=O) groups is 1. The first-order valence-electron chi connectivity index (χ1n) is 6.66. The van der Waals surface area contributed by atoms with Gasteiger partial charge in [0.05, 0.1) is 16.1 Å². The van der Waals surface area contributed by atoms with E-state index in [9.17, 15) is 22.0 Å². The summed E-state index contributed by atoms with van der Waals surface area (Å²) in [6.07, 6.45) is 2.61. The van der Waals surface area contributed by atoms with Crippen molar-refractivity contribution in [1.29, 1.82) is 0 Å². The van der Waals surface area contributed by atoms with Crippen LogP contribution in [0, 0.1) is 0 Å². The van der Waals surface area contributed by atoms with Crippen molar-refractivity contribution in [3.8, 4) is 11.5 Å². The molecule has 0 radical (unpaired) electrons. The third-order valence-corrected chi connectivity index (χ3v) is 4.84. The number of halogens is 3. The second kappa shape index (κ2) is 5.49. The van der Waals surface area contributed by atoms with Crippen LogP contribution in [0.4, 0.5) is 8.78 Å². The average molecular weight is 374 g/mol. The van der Waals surface area contributed by atoms with Crippen LogP contribution in [0.1, 0.15) is 15.9 Å². The van der Waals surface area contributed by atoms with E-state index >= 15 is 0 Å². The number of hydrogen-bond acceptors (Lipinski definition) is 5. The Morgan fingerprint density at radius 2 is 2.00 bits per heavy atom. The van der Waals surface area contributed by atoms with Crippen LogP contribution >= 0.6 is 11.6 Å². The number of carbonyl (C=O) groups excluding carboxylic acids is 1. The number of fused-ring (bicyclic) bond motifs is 1. The molecule has 0 saturated carbocycles. The Kier molecular flexibility index (Phi) is 3.84. The Bertz CT molecular complexity index is 960. The van der Waals surface area contributed by atoms with Gasteiger partial charge >= 0.3 is 5.92 Å². The fourth-order valence-electron chi connectivity index (χ4n) is 2.50. The summed E-state index contributed by atoms with van der Waals surface area (Å²) >= 11 is 5.79. The molecule has 2 aromatic rings. The summed E-state index contributed by atoms with van der Waals surface area (Å²) < 4.78 is 56.8. The van der Waals surface area contributed by atoms with Crippen LogP contribution in [-0.2, 0) is 16.3 Å². The number of rotatable bonds is 3. The number of sulfone groups is 1. The average Bonchev–Trinajstić information content (AvgIpc) is 2.70. The van der Waals surface area contributed by atoms with Crippen LogP contribution in [0.15, 0.2) is 35.5 Å². The molecular weight excluding hydrogens is 364 g/mol. The van der Waals surface area contributed by atoms with Gasteiger partial charge in [0, 0.05) is 36.1 Å². The van der Waals surface area contributed by atoms with Crippen LogP contribution in [0.3, 0.4) is 0 Å². The van der Waals surface area contributed by atoms with Crippen LogP contribution in [0.25, 0.3) is 0 Å². The molecule has 0 saturated heterocycles. The van der Waals surface area contributed by atoms with E-state index in [-0.39, 0.29) is 22.1 Å². The number of hydrogen-bond donors (Lipinski definition) is 0. The minimum Gasteiger partial charge on any atom is -0.455 e. The third kappa shape index (κ3) is 2.87. The smallest absolute Gasteiger partial charge is 0.313 e. The summed E-state index contributed by atoms with van der Waals surface area (Å²) in [6.45, 7) is 0. The number of nitrogens with zero attached hydrogens (tertiary/aromatic N) is 1. The lowest BCUT2D eigenvalue weighted by Crippen LogP contribution is -2.24. The number of pyridine rings is 1. The maximum Gasteiger partial charge on any atom is 0.313 e. The van der Waals surface area contributed by atoms with Crippen molar-refractivity contribution in [2.24, 2.45) is 0 Å². The number of benzene rings is 1. The highest BCUT2D eigenvalue weighted by Crippen LogP contribution is 2.43. The highest BCUT2D eigenvalue weighted by molar-refractivity contribution is 7.90. The number of ketones is 1. The SMILES string of the molecule is CS(=O)(=O)c1ccc(Oc2cncc(Cl)c2)c2c1C(=O)C(F)(F)C2. The molecule has 5 nitrogen and oxygen atoms in total. The van der Waals surface area contributed by atoms with E-state index in [2.05, 4.69) is 4.98 Å². The Hall–Kier alpha value is -2.06. The molecule has 1 aromatic carbocycles. The predicted molar refractivity (Wildman–Crippen MR) is 81.9 cm³/mol. The Balaban J connectivity index is 2.16. The second-order valence-electron chi connectivity index (χ2n) is 5.34. The van der Waals surface area contributed by atoms with E-state index < -0.39 is 38.4 Å². The van der Waals surface area contributed by atoms with Gasteiger partial charge in [0.15, 0.2) is 9.84 Å². The van der Waals surface area contributed by atoms with E-state index in [4.69, 9.17) is 16.3 Å². The summed E-state index contributed by atoms with van der Waals surface area (Å²) in [6, 6.07) is 3.74. The van der Waals surface area contributed by atoms with Gasteiger partial charge in [0.1, 0.15) is 11.5 Å². The minimum atomic E-state index is -3.85. The molecule has 1 aliphatic carbocycles. The van der Waals surface area contributed by atoms with Crippen molar-refractivity contribution in [1.82, 2.24) is 4.98 Å². The second-order valence-corrected chi connectivity index (χ2v) is 7.76. The van der Waals surface area contributed by atoms with Gasteiger partial charge in [-0.3, -0.25) is 9.78 Å². The highest BCUT2D eigenvalue weighted by atomic mass is 35.5. The van der Waals surface area contributed by atoms with E-state index in [1.165, 1.54) is 24.5 Å². The fraction of sp³-hybridized carbons (Fsp3) is 0.200. The monoisotopic (exact) mass is 373 g/mol. The topological polar surface area (TPSA) is 73.3 Å². The molecule has 0 fully saturated rings. The van der Waals surface area contributed by atoms with Gasteiger partial charge in [0.2, 0.25) is 5.78 Å². The molecule has 1 aliphatic rings. The van der Waals surface area contributed by atoms with E-state index in [0.717, 1.165) is 12.3 Å². The van der Waals surface area contributed by atoms with Crippen LogP contribution < -0.4 is 4.74 Å². The molecular formula is C15H10ClF2NO4S. The molecule has 3 rings (SSSR count). The first-order chi connectivity index (χ1) is 11.1. The predicted octanol–water partition coefficient (Wildman–Crippen LogP) is 3.30. The van der Waals surface area contributed by atoms with E-state index in [0.29, 0.717) is 0 Å². The fourth-order valence-corrected chi connectivity index (χ4v) is 3.56. The van der Waals surface area contributed by atoms with Gasteiger partial charge in [0.25, 0.3) is 0 Å². The van der Waals surface area contributed by atoms with Gasteiger partial charge in [-0.2, -0.15) is 8.78 Å². The molecule has 1 heterocycles. The van der Waals surface area contributed by atoms with E-state index in [1.54, 1.807) is 0 Å². The summed E-state index contributed by atoms with van der Waals surface area (Å²) in [7, 11) is -3.85. The molecule has 1 aromatic heterocycles. The lowest BCUT2D eigenvalue weighted by molar-refractivity contribution is 0.0165. The van der Waals surface area contributed by atoms with Crippen molar-refractivity contribution in [3.05, 3.63) is 46.7 Å². The van der Waals surface area contributed by atoms with Crippen molar-refractivity contribution in [2.75, 3.05) is 6.26 Å². The summed E-state index contributed by atoms with van der Waals surface area (Å²) in [5, 5.41) is 0.276. The van der Waals surface area contributed by atoms with Crippen LogP contribution in [0.2, 0.25) is 5.02 Å². The van der Waals surface area contributed by atoms with Gasteiger partial charge < -0.3 is 4.74 Å². The zero-order valence-electron chi connectivity index (χ0n) is 12.2. The highest BCUT2D eigenvalue weighted by Gasteiger charge is 2.50. The van der Waals surface area contributed by atoms with Crippen molar-refractivity contribution in [2.45, 2.75) is 17.2 Å². The normalized spacial score (nSPS) is 16.1. The Morgan fingerprint density at radius 1 is 1.29 bits per heavy atom. The van der Waals surface area contributed by atoms with Crippen LogP contribution in [0.5, 0.6) is 11.5 Å². The Labute approximate surface area is 141 Å². The van der Waals surface area contributed by atoms with E-state index in [1.807, 2.05) is 0 Å². The standard InChI is InChI=1S/C15H10ClF2NO4S/c1-24(21,22)12-3-2-11(23-9-4-8(16)6-19-7-9)10-5-15(17,18)14(20)13(10)12/h2-4,6-7H,5H2,1H3. The summed E-state index contributed by atoms with van der Waals surface area (Å²) in [5.74, 6) is -5.05. The van der Waals surface area contributed by atoms with Crippen molar-refractivity contribution in [3.63, 3.8) is 0 Å². The summed E-state index contributed by atoms with van der Waals surface area (Å²) in [4.78, 5) is 15.3. The molecule has 0 amide bonds. The number of aromatic nitrogens is 1.